The van der Waals surface area contributed by atoms with Crippen molar-refractivity contribution in [2.75, 3.05) is 19.6 Å². The number of phenolic OH excluding ortho intramolecular Hbond substituents is 1. The van der Waals surface area contributed by atoms with E-state index >= 15 is 0 Å². The van der Waals surface area contributed by atoms with Gasteiger partial charge in [-0.25, -0.2) is 4.79 Å². The number of piperazine rings is 2. The fraction of sp³-hybridized carbons (Fsp3) is 0.571. The van der Waals surface area contributed by atoms with Gasteiger partial charge in [0.25, 0.3) is 0 Å². The lowest BCUT2D eigenvalue weighted by atomic mass is 9.95. The van der Waals surface area contributed by atoms with Crippen LogP contribution in [-0.2, 0) is 16.0 Å². The predicted octanol–water partition coefficient (Wildman–Crippen LogP) is 0.988. The van der Waals surface area contributed by atoms with Crippen LogP contribution in [0, 0.1) is 0 Å². The predicted molar refractivity (Wildman–Crippen MR) is 106 cm³/mol. The number of hydrogen-bond acceptors (Lipinski definition) is 4. The third-order valence-electron chi connectivity index (χ3n) is 6.18. The van der Waals surface area contributed by atoms with Crippen LogP contribution < -0.4 is 10.6 Å². The molecule has 2 heterocycles. The van der Waals surface area contributed by atoms with Crippen LogP contribution in [0.25, 0.3) is 0 Å². The maximum atomic E-state index is 12.9. The molecule has 1 saturated carbocycles. The molecule has 4 amide bonds. The van der Waals surface area contributed by atoms with Gasteiger partial charge in [-0.05, 0) is 30.5 Å². The topological polar surface area (TPSA) is 102 Å². The summed E-state index contributed by atoms with van der Waals surface area (Å²) in [5, 5.41) is 15.3. The van der Waals surface area contributed by atoms with Gasteiger partial charge < -0.3 is 25.5 Å². The van der Waals surface area contributed by atoms with Crippen LogP contribution in [-0.4, -0.2) is 70.5 Å². The molecule has 0 spiro atoms. The first-order chi connectivity index (χ1) is 14.0. The van der Waals surface area contributed by atoms with E-state index in [1.54, 1.807) is 34.1 Å². The number of fused-ring (bicyclic) bond motifs is 1. The van der Waals surface area contributed by atoms with Gasteiger partial charge >= 0.3 is 6.03 Å². The highest BCUT2D eigenvalue weighted by Gasteiger charge is 2.44. The molecule has 156 valence electrons. The van der Waals surface area contributed by atoms with E-state index in [0.717, 1.165) is 31.2 Å². The fourth-order valence-electron chi connectivity index (χ4n) is 4.50. The van der Waals surface area contributed by atoms with E-state index in [0.29, 0.717) is 19.5 Å². The van der Waals surface area contributed by atoms with Gasteiger partial charge in [0.1, 0.15) is 17.8 Å². The smallest absolute Gasteiger partial charge is 0.317 e. The zero-order chi connectivity index (χ0) is 20.4. The van der Waals surface area contributed by atoms with Crippen LogP contribution in [0.3, 0.4) is 0 Å². The first-order valence-electron chi connectivity index (χ1n) is 10.5. The molecular weight excluding hydrogens is 372 g/mol. The number of carbonyl (C=O) groups is 3. The van der Waals surface area contributed by atoms with Crippen molar-refractivity contribution in [3.05, 3.63) is 29.8 Å². The number of nitrogens with one attached hydrogen (secondary N) is 2. The van der Waals surface area contributed by atoms with Gasteiger partial charge in [0.05, 0.1) is 6.54 Å². The Morgan fingerprint density at radius 2 is 1.83 bits per heavy atom. The van der Waals surface area contributed by atoms with Crippen LogP contribution in [0.15, 0.2) is 24.3 Å². The summed E-state index contributed by atoms with van der Waals surface area (Å²) in [5.41, 5.74) is 0.866. The summed E-state index contributed by atoms with van der Waals surface area (Å²) < 4.78 is 0. The largest absolute Gasteiger partial charge is 0.508 e. The van der Waals surface area contributed by atoms with E-state index in [1.165, 1.54) is 6.42 Å². The maximum absolute atomic E-state index is 12.9. The normalized spacial score (nSPS) is 25.4. The van der Waals surface area contributed by atoms with E-state index in [2.05, 4.69) is 10.6 Å². The number of urea groups is 1. The number of rotatable bonds is 3. The monoisotopic (exact) mass is 400 g/mol. The summed E-state index contributed by atoms with van der Waals surface area (Å²) in [6.45, 7) is 1.02. The van der Waals surface area contributed by atoms with Gasteiger partial charge in [-0.1, -0.05) is 31.4 Å². The molecule has 0 unspecified atom stereocenters. The zero-order valence-electron chi connectivity index (χ0n) is 16.5. The van der Waals surface area contributed by atoms with Crippen LogP contribution in [0.1, 0.15) is 37.7 Å². The van der Waals surface area contributed by atoms with Crippen molar-refractivity contribution in [1.29, 1.82) is 0 Å². The minimum absolute atomic E-state index is 0.116. The Balaban J connectivity index is 1.36. The first-order valence-corrected chi connectivity index (χ1v) is 10.5. The quantitative estimate of drug-likeness (QED) is 0.704. The van der Waals surface area contributed by atoms with Gasteiger partial charge in [0.15, 0.2) is 0 Å². The molecular formula is C21H28N4O4. The van der Waals surface area contributed by atoms with Crippen molar-refractivity contribution in [3.8, 4) is 5.75 Å². The summed E-state index contributed by atoms with van der Waals surface area (Å²) in [7, 11) is 0. The second-order valence-corrected chi connectivity index (χ2v) is 8.21. The van der Waals surface area contributed by atoms with Crippen molar-refractivity contribution in [2.24, 2.45) is 0 Å². The molecule has 3 aliphatic rings. The molecule has 2 atom stereocenters. The van der Waals surface area contributed by atoms with Crippen molar-refractivity contribution >= 4 is 17.8 Å². The molecule has 2 aliphatic heterocycles. The third-order valence-corrected chi connectivity index (χ3v) is 6.18. The van der Waals surface area contributed by atoms with Gasteiger partial charge in [0.2, 0.25) is 11.8 Å². The average molecular weight is 400 g/mol. The Morgan fingerprint density at radius 1 is 1.10 bits per heavy atom. The van der Waals surface area contributed by atoms with Gasteiger partial charge in [0, 0.05) is 25.6 Å². The molecule has 29 heavy (non-hydrogen) atoms. The van der Waals surface area contributed by atoms with Crippen LogP contribution >= 0.6 is 0 Å². The number of nitrogens with zero attached hydrogens (tertiary/aromatic N) is 2. The highest BCUT2D eigenvalue weighted by molar-refractivity contribution is 5.97. The first kappa shape index (κ1) is 19.5. The molecule has 2 saturated heterocycles. The molecule has 1 aromatic rings. The number of aromatic hydroxyl groups is 1. The molecule has 1 aliphatic carbocycles. The van der Waals surface area contributed by atoms with Gasteiger partial charge in [-0.15, -0.1) is 0 Å². The Morgan fingerprint density at radius 3 is 2.55 bits per heavy atom. The minimum Gasteiger partial charge on any atom is -0.508 e. The van der Waals surface area contributed by atoms with Crippen molar-refractivity contribution in [2.45, 2.75) is 56.7 Å². The summed E-state index contributed by atoms with van der Waals surface area (Å²) in [5.74, 6) is -0.172. The Kier molecular flexibility index (Phi) is 5.60. The van der Waals surface area contributed by atoms with E-state index in [9.17, 15) is 19.5 Å². The Bertz CT molecular complexity index is 775. The zero-order valence-corrected chi connectivity index (χ0v) is 16.5. The lowest BCUT2D eigenvalue weighted by Gasteiger charge is -2.45. The minimum atomic E-state index is -0.635. The standard InChI is InChI=1S/C21H28N4O4/c26-16-8-6-14(7-9-16)12-17-20(28)25-11-10-24(13-18(25)19(27)23-17)21(29)22-15-4-2-1-3-5-15/h6-9,15,17-18,26H,1-5,10-13H2,(H,22,29)(H,23,27)/t17-,18+/m1/s1. The van der Waals surface area contributed by atoms with Crippen molar-refractivity contribution < 1.29 is 19.5 Å². The van der Waals surface area contributed by atoms with Gasteiger partial charge in [-0.2, -0.15) is 0 Å². The summed E-state index contributed by atoms with van der Waals surface area (Å²) >= 11 is 0. The summed E-state index contributed by atoms with van der Waals surface area (Å²) in [6, 6.07) is 5.45. The lowest BCUT2D eigenvalue weighted by Crippen LogP contribution is -2.70. The molecule has 3 fully saturated rings. The van der Waals surface area contributed by atoms with E-state index in [-0.39, 0.29) is 36.2 Å². The third kappa shape index (κ3) is 4.31. The molecule has 0 radical (unpaired) electrons. The Hall–Kier alpha value is -2.77. The van der Waals surface area contributed by atoms with Crippen LogP contribution in [0.5, 0.6) is 5.75 Å². The molecule has 8 nitrogen and oxygen atoms in total. The molecule has 4 rings (SSSR count). The molecule has 0 aromatic heterocycles. The Labute approximate surface area is 170 Å². The lowest BCUT2D eigenvalue weighted by molar-refractivity contribution is -0.152. The second kappa shape index (κ2) is 8.31. The van der Waals surface area contributed by atoms with E-state index < -0.39 is 12.1 Å². The number of carbonyl (C=O) groups excluding carboxylic acids is 3. The molecule has 3 N–H and O–H groups in total. The molecule has 1 aromatic carbocycles. The summed E-state index contributed by atoms with van der Waals surface area (Å²) in [6.07, 6.45) is 5.89. The highest BCUT2D eigenvalue weighted by atomic mass is 16.3. The van der Waals surface area contributed by atoms with Crippen molar-refractivity contribution in [3.63, 3.8) is 0 Å². The van der Waals surface area contributed by atoms with E-state index in [4.69, 9.17) is 0 Å². The van der Waals surface area contributed by atoms with Crippen molar-refractivity contribution in [1.82, 2.24) is 20.4 Å². The van der Waals surface area contributed by atoms with Crippen LogP contribution in [0.4, 0.5) is 4.79 Å². The van der Waals surface area contributed by atoms with Gasteiger partial charge in [-0.3, -0.25) is 9.59 Å². The second-order valence-electron chi connectivity index (χ2n) is 8.21. The summed E-state index contributed by atoms with van der Waals surface area (Å²) in [4.78, 5) is 41.5. The number of phenols is 1. The van der Waals surface area contributed by atoms with E-state index in [1.807, 2.05) is 0 Å². The van der Waals surface area contributed by atoms with Crippen LogP contribution in [0.2, 0.25) is 0 Å². The number of benzene rings is 1. The SMILES string of the molecule is O=C1N[C@H](Cc2ccc(O)cc2)C(=O)N2CCN(C(=O)NC3CCCCC3)C[C@@H]12. The number of hydrogen-bond donors (Lipinski definition) is 3. The maximum Gasteiger partial charge on any atom is 0.317 e. The molecule has 8 heteroatoms. The number of amides is 4. The fourth-order valence-corrected chi connectivity index (χ4v) is 4.50. The average Bonchev–Trinajstić information content (AvgIpc) is 2.74. The highest BCUT2D eigenvalue weighted by Crippen LogP contribution is 2.21. The molecule has 0 bridgehead atoms.